The number of carbonyl (C=O) groups excluding carboxylic acids is 2. The maximum absolute atomic E-state index is 12.9. The summed E-state index contributed by atoms with van der Waals surface area (Å²) in [4.78, 5) is 40.5. The van der Waals surface area contributed by atoms with Crippen molar-refractivity contribution in [2.45, 2.75) is 32.7 Å². The SMILES string of the molecule is CCCc1ccnc(NC(=O)c2ccc(-c3nc([C@H](C)N(C)C(=O)/C=C/COC)n4ccnc(N)c34)cc2)c1. The monoisotopic (exact) mass is 527 g/mol. The number of nitrogen functional groups attached to an aromatic ring is 1. The minimum atomic E-state index is -0.367. The number of amides is 2. The van der Waals surface area contributed by atoms with Gasteiger partial charge in [0, 0.05) is 50.0 Å². The third-order valence-corrected chi connectivity index (χ3v) is 6.46. The molecular weight excluding hydrogens is 494 g/mol. The zero-order valence-corrected chi connectivity index (χ0v) is 22.6. The Labute approximate surface area is 227 Å². The number of benzene rings is 1. The number of imidazole rings is 1. The number of likely N-dealkylation sites (N-methyl/N-ethyl adjacent to an activating group) is 1. The molecule has 3 N–H and O–H groups in total. The standard InChI is InChI=1S/C29H33N7O3/c1-5-7-20-13-14-31-23(18-20)33-29(38)22-11-9-21(10-12-22)25-26-27(30)32-15-16-36(26)28(34-25)19(2)35(3)24(37)8-6-17-39-4/h6,8-16,18-19H,5,7,17H2,1-4H3,(H2,30,32)(H,31,33,38)/b8-6+/t19-/m0/s1. The Kier molecular flexibility index (Phi) is 8.67. The van der Waals surface area contributed by atoms with Crippen molar-refractivity contribution in [3.8, 4) is 11.3 Å². The Balaban J connectivity index is 1.61. The predicted octanol–water partition coefficient (Wildman–Crippen LogP) is 4.30. The van der Waals surface area contributed by atoms with E-state index in [2.05, 4.69) is 22.2 Å². The highest BCUT2D eigenvalue weighted by Gasteiger charge is 2.24. The second-order valence-corrected chi connectivity index (χ2v) is 9.16. The molecule has 1 aromatic carbocycles. The van der Waals surface area contributed by atoms with Crippen molar-refractivity contribution in [1.82, 2.24) is 24.3 Å². The van der Waals surface area contributed by atoms with Crippen molar-refractivity contribution in [1.29, 1.82) is 0 Å². The van der Waals surface area contributed by atoms with Crippen LogP contribution in [0.15, 0.2) is 67.1 Å². The van der Waals surface area contributed by atoms with Gasteiger partial charge in [0.15, 0.2) is 0 Å². The molecule has 1 atom stereocenters. The normalized spacial score (nSPS) is 12.1. The Morgan fingerprint density at radius 2 is 1.95 bits per heavy atom. The minimum Gasteiger partial charge on any atom is -0.382 e. The smallest absolute Gasteiger partial charge is 0.256 e. The summed E-state index contributed by atoms with van der Waals surface area (Å²) in [6.45, 7) is 4.35. The quantitative estimate of drug-likeness (QED) is 0.294. The van der Waals surface area contributed by atoms with Crippen LogP contribution in [0.3, 0.4) is 0 Å². The van der Waals surface area contributed by atoms with E-state index in [0.717, 1.165) is 24.0 Å². The molecule has 0 unspecified atom stereocenters. The molecule has 3 aromatic heterocycles. The number of pyridine rings is 1. The van der Waals surface area contributed by atoms with E-state index >= 15 is 0 Å². The molecule has 0 radical (unpaired) electrons. The maximum Gasteiger partial charge on any atom is 0.256 e. The zero-order chi connectivity index (χ0) is 27.9. The number of hydrogen-bond donors (Lipinski definition) is 2. The van der Waals surface area contributed by atoms with Gasteiger partial charge in [-0.15, -0.1) is 0 Å². The van der Waals surface area contributed by atoms with E-state index in [9.17, 15) is 9.59 Å². The number of carbonyl (C=O) groups is 2. The second kappa shape index (κ2) is 12.3. The van der Waals surface area contributed by atoms with Gasteiger partial charge in [-0.1, -0.05) is 31.6 Å². The lowest BCUT2D eigenvalue weighted by Gasteiger charge is -2.22. The van der Waals surface area contributed by atoms with Crippen molar-refractivity contribution < 1.29 is 14.3 Å². The van der Waals surface area contributed by atoms with E-state index in [0.29, 0.717) is 40.8 Å². The predicted molar refractivity (Wildman–Crippen MR) is 151 cm³/mol. The number of aromatic nitrogens is 4. The Morgan fingerprint density at radius 1 is 1.18 bits per heavy atom. The van der Waals surface area contributed by atoms with Crippen LogP contribution in [0, 0.1) is 0 Å². The highest BCUT2D eigenvalue weighted by molar-refractivity contribution is 6.04. The molecule has 39 heavy (non-hydrogen) atoms. The van der Waals surface area contributed by atoms with Gasteiger partial charge in [0.25, 0.3) is 5.91 Å². The Morgan fingerprint density at radius 3 is 2.67 bits per heavy atom. The lowest BCUT2D eigenvalue weighted by atomic mass is 10.1. The topological polar surface area (TPSA) is 128 Å². The second-order valence-electron chi connectivity index (χ2n) is 9.16. The summed E-state index contributed by atoms with van der Waals surface area (Å²) in [5.41, 5.74) is 9.88. The summed E-state index contributed by atoms with van der Waals surface area (Å²) in [5, 5.41) is 2.86. The minimum absolute atomic E-state index is 0.176. The lowest BCUT2D eigenvalue weighted by molar-refractivity contribution is -0.126. The van der Waals surface area contributed by atoms with Gasteiger partial charge in [0.1, 0.15) is 28.7 Å². The average Bonchev–Trinajstić information content (AvgIpc) is 3.34. The third-order valence-electron chi connectivity index (χ3n) is 6.46. The number of hydrogen-bond acceptors (Lipinski definition) is 7. The largest absolute Gasteiger partial charge is 0.382 e. The molecule has 0 aliphatic rings. The van der Waals surface area contributed by atoms with Crippen molar-refractivity contribution in [3.63, 3.8) is 0 Å². The summed E-state index contributed by atoms with van der Waals surface area (Å²) in [5.74, 6) is 1.03. The van der Waals surface area contributed by atoms with Gasteiger partial charge in [-0.3, -0.25) is 14.0 Å². The number of aryl methyl sites for hydroxylation is 1. The fourth-order valence-corrected chi connectivity index (χ4v) is 4.26. The van der Waals surface area contributed by atoms with E-state index in [4.69, 9.17) is 15.5 Å². The van der Waals surface area contributed by atoms with Crippen molar-refractivity contribution in [2.24, 2.45) is 0 Å². The highest BCUT2D eigenvalue weighted by atomic mass is 16.5. The third kappa shape index (κ3) is 6.12. The van der Waals surface area contributed by atoms with Crippen LogP contribution in [0.5, 0.6) is 0 Å². The molecule has 0 spiro atoms. The summed E-state index contributed by atoms with van der Waals surface area (Å²) < 4.78 is 6.83. The van der Waals surface area contributed by atoms with E-state index < -0.39 is 0 Å². The average molecular weight is 528 g/mol. The van der Waals surface area contributed by atoms with Crippen LogP contribution >= 0.6 is 0 Å². The lowest BCUT2D eigenvalue weighted by Crippen LogP contribution is -2.29. The van der Waals surface area contributed by atoms with Crippen LogP contribution in [-0.2, 0) is 16.0 Å². The molecule has 3 heterocycles. The number of ether oxygens (including phenoxy) is 1. The van der Waals surface area contributed by atoms with Crippen LogP contribution < -0.4 is 11.1 Å². The van der Waals surface area contributed by atoms with Gasteiger partial charge in [-0.25, -0.2) is 15.0 Å². The fourth-order valence-electron chi connectivity index (χ4n) is 4.26. The van der Waals surface area contributed by atoms with E-state index in [1.165, 1.54) is 6.08 Å². The van der Waals surface area contributed by atoms with E-state index in [-0.39, 0.29) is 17.9 Å². The van der Waals surface area contributed by atoms with Crippen LogP contribution in [0.1, 0.15) is 48.1 Å². The van der Waals surface area contributed by atoms with E-state index in [1.807, 2.05) is 35.6 Å². The molecule has 0 saturated heterocycles. The summed E-state index contributed by atoms with van der Waals surface area (Å²) >= 11 is 0. The van der Waals surface area contributed by atoms with E-state index in [1.54, 1.807) is 55.9 Å². The highest BCUT2D eigenvalue weighted by Crippen LogP contribution is 2.31. The molecule has 10 nitrogen and oxygen atoms in total. The van der Waals surface area contributed by atoms with Gasteiger partial charge in [-0.2, -0.15) is 0 Å². The van der Waals surface area contributed by atoms with Crippen LogP contribution in [0.4, 0.5) is 11.6 Å². The van der Waals surface area contributed by atoms with Gasteiger partial charge >= 0.3 is 0 Å². The molecule has 4 aromatic rings. The number of nitrogens with two attached hydrogens (primary N) is 1. The molecule has 10 heteroatoms. The van der Waals surface area contributed by atoms with Crippen LogP contribution in [-0.4, -0.2) is 56.8 Å². The molecule has 0 saturated carbocycles. The first kappa shape index (κ1) is 27.5. The Hall–Kier alpha value is -4.57. The first-order valence-electron chi connectivity index (χ1n) is 12.8. The maximum atomic E-state index is 12.9. The summed E-state index contributed by atoms with van der Waals surface area (Å²) in [7, 11) is 3.29. The molecule has 4 rings (SSSR count). The molecule has 2 amide bonds. The van der Waals surface area contributed by atoms with Gasteiger partial charge in [0.2, 0.25) is 5.91 Å². The van der Waals surface area contributed by atoms with Gasteiger partial charge in [-0.05, 0) is 43.2 Å². The number of rotatable bonds is 10. The summed E-state index contributed by atoms with van der Waals surface area (Å²) in [6.07, 6.45) is 10.2. The van der Waals surface area contributed by atoms with Crippen molar-refractivity contribution in [2.75, 3.05) is 31.8 Å². The molecule has 0 aliphatic carbocycles. The first-order chi connectivity index (χ1) is 18.8. The molecule has 202 valence electrons. The molecule has 0 bridgehead atoms. The van der Waals surface area contributed by atoms with Crippen LogP contribution in [0.2, 0.25) is 0 Å². The van der Waals surface area contributed by atoms with Gasteiger partial charge < -0.3 is 20.7 Å². The first-order valence-corrected chi connectivity index (χ1v) is 12.8. The number of methoxy groups -OCH3 is 1. The summed E-state index contributed by atoms with van der Waals surface area (Å²) in [6, 6.07) is 10.6. The molecule has 0 aliphatic heterocycles. The van der Waals surface area contributed by atoms with Crippen LogP contribution in [0.25, 0.3) is 16.8 Å². The van der Waals surface area contributed by atoms with Crippen molar-refractivity contribution >= 4 is 29.0 Å². The number of nitrogens with one attached hydrogen (secondary N) is 1. The number of anilines is 2. The zero-order valence-electron chi connectivity index (χ0n) is 22.6. The number of nitrogens with zero attached hydrogens (tertiary/aromatic N) is 5. The molecule has 0 fully saturated rings. The molecular formula is C29H33N7O3. The van der Waals surface area contributed by atoms with Crippen molar-refractivity contribution in [3.05, 3.63) is 84.1 Å². The Bertz CT molecular complexity index is 1490. The fraction of sp³-hybridized carbons (Fsp3) is 0.276. The van der Waals surface area contributed by atoms with Gasteiger partial charge in [0.05, 0.1) is 12.6 Å². The number of fused-ring (bicyclic) bond motifs is 1.